The summed E-state index contributed by atoms with van der Waals surface area (Å²) in [5.41, 5.74) is 4.54. The molecule has 0 N–H and O–H groups in total. The molecule has 0 bridgehead atoms. The van der Waals surface area contributed by atoms with Crippen LogP contribution in [0.3, 0.4) is 0 Å². The van der Waals surface area contributed by atoms with Gasteiger partial charge in [0.25, 0.3) is 5.91 Å². The van der Waals surface area contributed by atoms with Crippen LogP contribution in [0, 0.1) is 0 Å². The second kappa shape index (κ2) is 8.98. The van der Waals surface area contributed by atoms with Crippen LogP contribution in [0.4, 0.5) is 11.4 Å². The van der Waals surface area contributed by atoms with Gasteiger partial charge in [0.1, 0.15) is 12.3 Å². The van der Waals surface area contributed by atoms with Gasteiger partial charge in [0.15, 0.2) is 6.10 Å². The number of ether oxygens (including phenoxy) is 1. The zero-order valence-corrected chi connectivity index (χ0v) is 19.7. The van der Waals surface area contributed by atoms with Gasteiger partial charge in [0, 0.05) is 23.2 Å². The second-order valence-corrected chi connectivity index (χ2v) is 9.46. The highest BCUT2D eigenvalue weighted by molar-refractivity contribution is 7.09. The number of aryl methyl sites for hydroxylation is 2. The molecule has 0 spiro atoms. The Hall–Kier alpha value is -3.19. The molecule has 3 aromatic rings. The predicted molar refractivity (Wildman–Crippen MR) is 131 cm³/mol. The molecule has 0 saturated carbocycles. The molecular formula is C26H27N3O3S. The van der Waals surface area contributed by atoms with Gasteiger partial charge in [-0.3, -0.25) is 14.5 Å². The van der Waals surface area contributed by atoms with Gasteiger partial charge in [0.2, 0.25) is 5.91 Å². The summed E-state index contributed by atoms with van der Waals surface area (Å²) in [4.78, 5) is 34.6. The lowest BCUT2D eigenvalue weighted by molar-refractivity contribution is -0.127. The molecule has 0 aliphatic carbocycles. The maximum absolute atomic E-state index is 13.4. The minimum absolute atomic E-state index is 0.0184. The van der Waals surface area contributed by atoms with Crippen LogP contribution in [0.5, 0.6) is 5.75 Å². The molecule has 170 valence electrons. The maximum atomic E-state index is 13.4. The zero-order valence-electron chi connectivity index (χ0n) is 18.9. The number of amides is 2. The van der Waals surface area contributed by atoms with Crippen LogP contribution in [0.1, 0.15) is 37.3 Å². The molecule has 0 saturated heterocycles. The Morgan fingerprint density at radius 1 is 1.21 bits per heavy atom. The van der Waals surface area contributed by atoms with Crippen molar-refractivity contribution in [3.8, 4) is 17.0 Å². The molecule has 1 atom stereocenters. The summed E-state index contributed by atoms with van der Waals surface area (Å²) in [6, 6.07) is 13.8. The summed E-state index contributed by atoms with van der Waals surface area (Å²) in [5, 5.41) is 3.14. The van der Waals surface area contributed by atoms with Gasteiger partial charge in [-0.1, -0.05) is 25.1 Å². The molecule has 2 aliphatic rings. The summed E-state index contributed by atoms with van der Waals surface area (Å²) in [6.07, 6.45) is 3.24. The SMILES string of the molecule is CCCc1nc(-c2ccc3c(c2)N(CC(=O)N2CCCc4ccccc42)C(=O)C(C)O3)cs1. The van der Waals surface area contributed by atoms with E-state index in [0.29, 0.717) is 18.0 Å². The van der Waals surface area contributed by atoms with Crippen LogP contribution in [0.2, 0.25) is 0 Å². The fourth-order valence-electron chi connectivity index (χ4n) is 4.51. The predicted octanol–water partition coefficient (Wildman–Crippen LogP) is 4.86. The van der Waals surface area contributed by atoms with Crippen molar-refractivity contribution in [2.75, 3.05) is 22.9 Å². The minimum atomic E-state index is -0.639. The van der Waals surface area contributed by atoms with E-state index in [4.69, 9.17) is 9.72 Å². The summed E-state index contributed by atoms with van der Waals surface area (Å²) in [7, 11) is 0. The number of anilines is 2. The van der Waals surface area contributed by atoms with Gasteiger partial charge in [0.05, 0.1) is 16.4 Å². The third-order valence-corrected chi connectivity index (χ3v) is 7.09. The number of hydrogen-bond donors (Lipinski definition) is 0. The molecule has 3 heterocycles. The molecule has 6 nitrogen and oxygen atoms in total. The Labute approximate surface area is 197 Å². The van der Waals surface area contributed by atoms with E-state index in [-0.39, 0.29) is 18.4 Å². The molecule has 2 aliphatic heterocycles. The topological polar surface area (TPSA) is 62.7 Å². The van der Waals surface area contributed by atoms with Crippen LogP contribution in [-0.4, -0.2) is 36.0 Å². The summed E-state index contributed by atoms with van der Waals surface area (Å²) in [5.74, 6) is 0.324. The van der Waals surface area contributed by atoms with Gasteiger partial charge >= 0.3 is 0 Å². The summed E-state index contributed by atoms with van der Waals surface area (Å²) >= 11 is 1.65. The molecule has 0 radical (unpaired) electrons. The molecule has 7 heteroatoms. The summed E-state index contributed by atoms with van der Waals surface area (Å²) < 4.78 is 5.86. The monoisotopic (exact) mass is 461 g/mol. The molecule has 1 unspecified atom stereocenters. The number of thiazole rings is 1. The van der Waals surface area contributed by atoms with E-state index >= 15 is 0 Å². The van der Waals surface area contributed by atoms with Crippen LogP contribution in [0.25, 0.3) is 11.3 Å². The van der Waals surface area contributed by atoms with Crippen molar-refractivity contribution >= 4 is 34.5 Å². The maximum Gasteiger partial charge on any atom is 0.268 e. The fourth-order valence-corrected chi connectivity index (χ4v) is 5.42. The smallest absolute Gasteiger partial charge is 0.268 e. The minimum Gasteiger partial charge on any atom is -0.479 e. The number of para-hydroxylation sites is 1. The van der Waals surface area contributed by atoms with Gasteiger partial charge in [-0.05, 0) is 62.4 Å². The Kier molecular flexibility index (Phi) is 5.89. The Bertz CT molecular complexity index is 1200. The van der Waals surface area contributed by atoms with Crippen molar-refractivity contribution in [3.05, 3.63) is 58.4 Å². The number of fused-ring (bicyclic) bond motifs is 2. The van der Waals surface area contributed by atoms with Gasteiger partial charge in [-0.2, -0.15) is 0 Å². The average molecular weight is 462 g/mol. The van der Waals surface area contributed by atoms with Crippen molar-refractivity contribution in [2.45, 2.75) is 45.6 Å². The van der Waals surface area contributed by atoms with E-state index in [2.05, 4.69) is 13.0 Å². The van der Waals surface area contributed by atoms with E-state index < -0.39 is 6.10 Å². The van der Waals surface area contributed by atoms with E-state index in [1.54, 1.807) is 23.2 Å². The van der Waals surface area contributed by atoms with Crippen molar-refractivity contribution in [3.63, 3.8) is 0 Å². The first-order valence-electron chi connectivity index (χ1n) is 11.5. The lowest BCUT2D eigenvalue weighted by Crippen LogP contribution is -2.50. The lowest BCUT2D eigenvalue weighted by Gasteiger charge is -2.35. The number of carbonyl (C=O) groups is 2. The van der Waals surface area contributed by atoms with E-state index in [1.165, 1.54) is 5.56 Å². The number of aromatic nitrogens is 1. The normalized spacial score (nSPS) is 17.4. The first-order chi connectivity index (χ1) is 16.0. The molecule has 1 aromatic heterocycles. The van der Waals surface area contributed by atoms with E-state index in [1.807, 2.05) is 46.7 Å². The molecule has 2 amide bonds. The van der Waals surface area contributed by atoms with E-state index in [0.717, 1.165) is 47.6 Å². The van der Waals surface area contributed by atoms with Crippen LogP contribution >= 0.6 is 11.3 Å². The Balaban J connectivity index is 1.46. The molecular weight excluding hydrogens is 434 g/mol. The Morgan fingerprint density at radius 2 is 2.06 bits per heavy atom. The number of benzene rings is 2. The molecule has 5 rings (SSSR count). The van der Waals surface area contributed by atoms with Gasteiger partial charge in [-0.25, -0.2) is 4.98 Å². The third-order valence-electron chi connectivity index (χ3n) is 6.18. The first kappa shape index (κ1) is 21.6. The highest BCUT2D eigenvalue weighted by Crippen LogP contribution is 2.38. The fraction of sp³-hybridized carbons (Fsp3) is 0.346. The molecule has 33 heavy (non-hydrogen) atoms. The summed E-state index contributed by atoms with van der Waals surface area (Å²) in [6.45, 7) is 4.51. The quantitative estimate of drug-likeness (QED) is 0.545. The standard InChI is InChI=1S/C26H27N3O3S/c1-3-7-24-27-20(16-33-24)19-11-12-23-22(14-19)29(26(31)17(2)32-23)15-25(30)28-13-6-9-18-8-4-5-10-21(18)28/h4-5,8,10-12,14,16-17H,3,6-7,9,13,15H2,1-2H3. The zero-order chi connectivity index (χ0) is 22.9. The van der Waals surface area contributed by atoms with Crippen LogP contribution in [0.15, 0.2) is 47.8 Å². The Morgan fingerprint density at radius 3 is 2.91 bits per heavy atom. The number of carbonyl (C=O) groups excluding carboxylic acids is 2. The molecule has 0 fully saturated rings. The van der Waals surface area contributed by atoms with Gasteiger partial charge < -0.3 is 9.64 Å². The average Bonchev–Trinajstić information content (AvgIpc) is 3.30. The lowest BCUT2D eigenvalue weighted by atomic mass is 10.0. The number of nitrogens with zero attached hydrogens (tertiary/aromatic N) is 3. The van der Waals surface area contributed by atoms with Crippen molar-refractivity contribution in [2.24, 2.45) is 0 Å². The first-order valence-corrected chi connectivity index (χ1v) is 12.4. The molecule has 2 aromatic carbocycles. The van der Waals surface area contributed by atoms with Crippen LogP contribution < -0.4 is 14.5 Å². The largest absolute Gasteiger partial charge is 0.479 e. The number of rotatable bonds is 5. The highest BCUT2D eigenvalue weighted by Gasteiger charge is 2.35. The van der Waals surface area contributed by atoms with Crippen molar-refractivity contribution in [1.82, 2.24) is 4.98 Å². The van der Waals surface area contributed by atoms with E-state index in [9.17, 15) is 9.59 Å². The van der Waals surface area contributed by atoms with Gasteiger partial charge in [-0.15, -0.1) is 11.3 Å². The highest BCUT2D eigenvalue weighted by atomic mass is 32.1. The second-order valence-electron chi connectivity index (χ2n) is 8.52. The van der Waals surface area contributed by atoms with Crippen molar-refractivity contribution < 1.29 is 14.3 Å². The third kappa shape index (κ3) is 4.13. The number of hydrogen-bond acceptors (Lipinski definition) is 5. The van der Waals surface area contributed by atoms with Crippen LogP contribution in [-0.2, 0) is 22.4 Å². The van der Waals surface area contributed by atoms with Crippen molar-refractivity contribution in [1.29, 1.82) is 0 Å².